The zero-order chi connectivity index (χ0) is 19.2. The van der Waals surface area contributed by atoms with E-state index >= 15 is 0 Å². The van der Waals surface area contributed by atoms with E-state index in [0.717, 1.165) is 11.1 Å². The summed E-state index contributed by atoms with van der Waals surface area (Å²) in [5, 5.41) is 9.35. The number of amides is 2. The molecule has 7 nitrogen and oxygen atoms in total. The molecule has 2 amide bonds. The first-order valence-electron chi connectivity index (χ1n) is 8.52. The van der Waals surface area contributed by atoms with Crippen molar-refractivity contribution in [3.05, 3.63) is 65.5 Å². The highest BCUT2D eigenvalue weighted by molar-refractivity contribution is 6.03. The maximum absolute atomic E-state index is 12.1. The SMILES string of the molecule is Cc1ccc(C)c(NC(=O)CC(=O)NCc2cc(-c3ccccn3)no2)c1. The minimum absolute atomic E-state index is 0.148. The zero-order valence-electron chi connectivity index (χ0n) is 15.2. The lowest BCUT2D eigenvalue weighted by molar-refractivity contribution is -0.127. The van der Waals surface area contributed by atoms with E-state index < -0.39 is 5.91 Å². The van der Waals surface area contributed by atoms with E-state index in [1.54, 1.807) is 12.3 Å². The first-order valence-corrected chi connectivity index (χ1v) is 8.52. The maximum Gasteiger partial charge on any atom is 0.233 e. The highest BCUT2D eigenvalue weighted by Gasteiger charge is 2.13. The molecule has 7 heteroatoms. The number of hydrogen-bond acceptors (Lipinski definition) is 5. The van der Waals surface area contributed by atoms with Crippen molar-refractivity contribution in [3.8, 4) is 11.4 Å². The van der Waals surface area contributed by atoms with E-state index in [4.69, 9.17) is 4.52 Å². The minimum atomic E-state index is -0.395. The summed E-state index contributed by atoms with van der Waals surface area (Å²) in [5.74, 6) is -0.277. The van der Waals surface area contributed by atoms with Crippen molar-refractivity contribution in [2.75, 3.05) is 5.32 Å². The van der Waals surface area contributed by atoms with E-state index in [1.165, 1.54) is 0 Å². The number of rotatable bonds is 6. The molecule has 0 aliphatic rings. The van der Waals surface area contributed by atoms with E-state index in [-0.39, 0.29) is 18.9 Å². The van der Waals surface area contributed by atoms with Crippen LogP contribution in [-0.4, -0.2) is 22.0 Å². The van der Waals surface area contributed by atoms with Gasteiger partial charge in [-0.05, 0) is 43.2 Å². The Kier molecular flexibility index (Phi) is 5.61. The number of hydrogen-bond donors (Lipinski definition) is 2. The molecule has 2 heterocycles. The molecule has 0 aliphatic carbocycles. The number of nitrogens with one attached hydrogen (secondary N) is 2. The van der Waals surface area contributed by atoms with Crippen LogP contribution in [-0.2, 0) is 16.1 Å². The fourth-order valence-electron chi connectivity index (χ4n) is 2.49. The molecule has 138 valence electrons. The van der Waals surface area contributed by atoms with Crippen LogP contribution < -0.4 is 10.6 Å². The fourth-order valence-corrected chi connectivity index (χ4v) is 2.49. The molecule has 0 saturated carbocycles. The van der Waals surface area contributed by atoms with Gasteiger partial charge in [-0.1, -0.05) is 23.4 Å². The lowest BCUT2D eigenvalue weighted by atomic mass is 10.1. The molecule has 0 spiro atoms. The van der Waals surface area contributed by atoms with E-state index in [0.29, 0.717) is 22.8 Å². The minimum Gasteiger partial charge on any atom is -0.359 e. The summed E-state index contributed by atoms with van der Waals surface area (Å²) in [6.45, 7) is 3.99. The highest BCUT2D eigenvalue weighted by atomic mass is 16.5. The molecular formula is C20H20N4O3. The molecule has 0 radical (unpaired) electrons. The number of carbonyl (C=O) groups is 2. The summed E-state index contributed by atoms with van der Waals surface area (Å²) in [6, 6.07) is 13.0. The molecule has 0 unspecified atom stereocenters. The van der Waals surface area contributed by atoms with Gasteiger partial charge in [0.05, 0.1) is 12.2 Å². The van der Waals surface area contributed by atoms with Gasteiger partial charge >= 0.3 is 0 Å². The number of anilines is 1. The molecule has 27 heavy (non-hydrogen) atoms. The molecule has 1 aromatic carbocycles. The quantitative estimate of drug-likeness (QED) is 0.655. The first-order chi connectivity index (χ1) is 13.0. The molecule has 3 rings (SSSR count). The van der Waals surface area contributed by atoms with Crippen LogP contribution in [0.4, 0.5) is 5.69 Å². The van der Waals surface area contributed by atoms with Crippen molar-refractivity contribution in [3.63, 3.8) is 0 Å². The summed E-state index contributed by atoms with van der Waals surface area (Å²) < 4.78 is 5.19. The van der Waals surface area contributed by atoms with Crippen molar-refractivity contribution < 1.29 is 14.1 Å². The molecular weight excluding hydrogens is 344 g/mol. The van der Waals surface area contributed by atoms with Crippen LogP contribution in [0.25, 0.3) is 11.4 Å². The van der Waals surface area contributed by atoms with Crippen molar-refractivity contribution in [1.29, 1.82) is 0 Å². The van der Waals surface area contributed by atoms with Gasteiger partial charge in [0.15, 0.2) is 5.76 Å². The second kappa shape index (κ2) is 8.27. The Labute approximate surface area is 156 Å². The smallest absolute Gasteiger partial charge is 0.233 e. The molecule has 2 N–H and O–H groups in total. The third kappa shape index (κ3) is 5.01. The molecule has 3 aromatic rings. The van der Waals surface area contributed by atoms with E-state index in [9.17, 15) is 9.59 Å². The summed E-state index contributed by atoms with van der Waals surface area (Å²) in [5.41, 5.74) is 3.97. The normalized spacial score (nSPS) is 10.4. The second-order valence-corrected chi connectivity index (χ2v) is 6.21. The zero-order valence-corrected chi connectivity index (χ0v) is 15.2. The number of aryl methyl sites for hydroxylation is 2. The number of nitrogens with zero attached hydrogens (tertiary/aromatic N) is 2. The maximum atomic E-state index is 12.1. The van der Waals surface area contributed by atoms with Crippen molar-refractivity contribution in [2.45, 2.75) is 26.8 Å². The van der Waals surface area contributed by atoms with Crippen LogP contribution >= 0.6 is 0 Å². The van der Waals surface area contributed by atoms with Gasteiger partial charge in [-0.15, -0.1) is 0 Å². The Balaban J connectivity index is 1.50. The Hall–Kier alpha value is -3.48. The Bertz CT molecular complexity index is 951. The summed E-state index contributed by atoms with van der Waals surface area (Å²) in [7, 11) is 0. The van der Waals surface area contributed by atoms with E-state index in [1.807, 2.05) is 50.2 Å². The monoisotopic (exact) mass is 364 g/mol. The predicted molar refractivity (Wildman–Crippen MR) is 101 cm³/mol. The Morgan fingerprint density at radius 2 is 1.89 bits per heavy atom. The van der Waals surface area contributed by atoms with Crippen LogP contribution in [0.3, 0.4) is 0 Å². The van der Waals surface area contributed by atoms with Gasteiger partial charge in [0, 0.05) is 18.0 Å². The van der Waals surface area contributed by atoms with Crippen LogP contribution in [0.15, 0.2) is 53.2 Å². The first kappa shape index (κ1) is 18.3. The standard InChI is InChI=1S/C20H20N4O3/c1-13-6-7-14(2)17(9-13)23-20(26)11-19(25)22-12-15-10-18(24-27-15)16-5-3-4-8-21-16/h3-10H,11-12H2,1-2H3,(H,22,25)(H,23,26). The summed E-state index contributed by atoms with van der Waals surface area (Å²) >= 11 is 0. The molecule has 2 aromatic heterocycles. The molecule has 0 saturated heterocycles. The van der Waals surface area contributed by atoms with Gasteiger partial charge in [0.2, 0.25) is 11.8 Å². The highest BCUT2D eigenvalue weighted by Crippen LogP contribution is 2.17. The average Bonchev–Trinajstić information content (AvgIpc) is 3.13. The van der Waals surface area contributed by atoms with Crippen molar-refractivity contribution >= 4 is 17.5 Å². The van der Waals surface area contributed by atoms with Crippen LogP contribution in [0.5, 0.6) is 0 Å². The lowest BCUT2D eigenvalue weighted by Gasteiger charge is -2.09. The lowest BCUT2D eigenvalue weighted by Crippen LogP contribution is -2.27. The molecule has 0 fully saturated rings. The number of benzene rings is 1. The molecule has 0 atom stereocenters. The summed E-state index contributed by atoms with van der Waals surface area (Å²) in [6.07, 6.45) is 1.40. The number of carbonyl (C=O) groups excluding carboxylic acids is 2. The third-order valence-corrected chi connectivity index (χ3v) is 3.93. The average molecular weight is 364 g/mol. The molecule has 0 bridgehead atoms. The fraction of sp³-hybridized carbons (Fsp3) is 0.200. The van der Waals surface area contributed by atoms with Gasteiger partial charge in [-0.25, -0.2) is 0 Å². The Morgan fingerprint density at radius 1 is 1.04 bits per heavy atom. The largest absolute Gasteiger partial charge is 0.359 e. The van der Waals surface area contributed by atoms with E-state index in [2.05, 4.69) is 20.8 Å². The van der Waals surface area contributed by atoms with Gasteiger partial charge in [-0.3, -0.25) is 14.6 Å². The van der Waals surface area contributed by atoms with Crippen LogP contribution in [0, 0.1) is 13.8 Å². The third-order valence-electron chi connectivity index (χ3n) is 3.93. The van der Waals surface area contributed by atoms with Crippen LogP contribution in [0.1, 0.15) is 23.3 Å². The van der Waals surface area contributed by atoms with Crippen LogP contribution in [0.2, 0.25) is 0 Å². The van der Waals surface area contributed by atoms with Gasteiger partial charge in [-0.2, -0.15) is 0 Å². The summed E-state index contributed by atoms with van der Waals surface area (Å²) in [4.78, 5) is 28.3. The predicted octanol–water partition coefficient (Wildman–Crippen LogP) is 3.00. The number of pyridine rings is 1. The molecule has 0 aliphatic heterocycles. The van der Waals surface area contributed by atoms with Gasteiger partial charge < -0.3 is 15.2 Å². The van der Waals surface area contributed by atoms with Crippen molar-refractivity contribution in [1.82, 2.24) is 15.5 Å². The Morgan fingerprint density at radius 3 is 2.67 bits per heavy atom. The van der Waals surface area contributed by atoms with Gasteiger partial charge in [0.25, 0.3) is 0 Å². The van der Waals surface area contributed by atoms with Gasteiger partial charge in [0.1, 0.15) is 12.1 Å². The number of aromatic nitrogens is 2. The topological polar surface area (TPSA) is 97.1 Å². The van der Waals surface area contributed by atoms with Crippen molar-refractivity contribution in [2.24, 2.45) is 0 Å². The second-order valence-electron chi connectivity index (χ2n) is 6.21.